The molecule has 0 radical (unpaired) electrons. The van der Waals surface area contributed by atoms with Crippen molar-refractivity contribution >= 4 is 27.3 Å². The Hall–Kier alpha value is -3.32. The van der Waals surface area contributed by atoms with E-state index in [-0.39, 0.29) is 10.5 Å². The molecule has 0 saturated heterocycles. The number of amides is 1. The van der Waals surface area contributed by atoms with Gasteiger partial charge in [0, 0.05) is 18.3 Å². The zero-order valence-corrected chi connectivity index (χ0v) is 17.9. The first-order chi connectivity index (χ1) is 14.3. The third-order valence-electron chi connectivity index (χ3n) is 4.54. The number of hydrogen-bond acceptors (Lipinski definition) is 4. The molecule has 6 nitrogen and oxygen atoms in total. The van der Waals surface area contributed by atoms with Crippen LogP contribution >= 0.6 is 0 Å². The van der Waals surface area contributed by atoms with Crippen LogP contribution in [0.25, 0.3) is 0 Å². The number of carbonyl (C=O) groups is 1. The molecule has 30 heavy (non-hydrogen) atoms. The number of benzene rings is 3. The highest BCUT2D eigenvalue weighted by Gasteiger charge is 2.22. The summed E-state index contributed by atoms with van der Waals surface area (Å²) in [5.74, 6) is 0.317. The minimum atomic E-state index is -3.81. The van der Waals surface area contributed by atoms with Crippen molar-refractivity contribution in [1.29, 1.82) is 0 Å². The lowest BCUT2D eigenvalue weighted by molar-refractivity contribution is 0.102. The van der Waals surface area contributed by atoms with Crippen LogP contribution in [0.15, 0.2) is 77.7 Å². The average Bonchev–Trinajstić information content (AvgIpc) is 2.75. The third kappa shape index (κ3) is 4.80. The molecule has 0 fully saturated rings. The Labute approximate surface area is 177 Å². The largest absolute Gasteiger partial charge is 0.494 e. The highest BCUT2D eigenvalue weighted by Crippen LogP contribution is 2.24. The predicted molar refractivity (Wildman–Crippen MR) is 119 cm³/mol. The molecule has 3 aromatic rings. The first-order valence-corrected chi connectivity index (χ1v) is 10.9. The molecule has 0 unspecified atom stereocenters. The van der Waals surface area contributed by atoms with Crippen LogP contribution in [0.5, 0.6) is 5.75 Å². The maximum absolute atomic E-state index is 13.1. The normalized spacial score (nSPS) is 11.0. The number of aryl methyl sites for hydroxylation is 1. The van der Waals surface area contributed by atoms with Gasteiger partial charge in [0.1, 0.15) is 5.75 Å². The van der Waals surface area contributed by atoms with Gasteiger partial charge in [0.25, 0.3) is 15.9 Å². The predicted octanol–water partition coefficient (Wildman–Crippen LogP) is 4.47. The van der Waals surface area contributed by atoms with Crippen molar-refractivity contribution in [1.82, 2.24) is 0 Å². The van der Waals surface area contributed by atoms with E-state index in [1.807, 2.05) is 19.9 Å². The summed E-state index contributed by atoms with van der Waals surface area (Å²) in [7, 11) is -2.32. The van der Waals surface area contributed by atoms with Gasteiger partial charge >= 0.3 is 0 Å². The molecular weight excluding hydrogens is 400 g/mol. The number of carbonyl (C=O) groups excluding carboxylic acids is 1. The Morgan fingerprint density at radius 3 is 2.37 bits per heavy atom. The van der Waals surface area contributed by atoms with E-state index in [0.717, 1.165) is 5.56 Å². The van der Waals surface area contributed by atoms with Crippen molar-refractivity contribution in [3.05, 3.63) is 83.9 Å². The molecule has 0 bridgehead atoms. The van der Waals surface area contributed by atoms with Crippen LogP contribution in [0.1, 0.15) is 22.8 Å². The summed E-state index contributed by atoms with van der Waals surface area (Å²) in [6, 6.07) is 20.2. The van der Waals surface area contributed by atoms with Crippen molar-refractivity contribution in [3.8, 4) is 5.75 Å². The summed E-state index contributed by atoms with van der Waals surface area (Å²) in [5, 5.41) is 2.77. The molecular formula is C23H24N2O4S. The van der Waals surface area contributed by atoms with E-state index in [4.69, 9.17) is 4.74 Å². The molecule has 156 valence electrons. The van der Waals surface area contributed by atoms with Crippen molar-refractivity contribution in [2.75, 3.05) is 23.3 Å². The molecule has 7 heteroatoms. The lowest BCUT2D eigenvalue weighted by Gasteiger charge is -2.20. The molecule has 0 spiro atoms. The second-order valence-electron chi connectivity index (χ2n) is 6.75. The van der Waals surface area contributed by atoms with E-state index in [0.29, 0.717) is 23.7 Å². The van der Waals surface area contributed by atoms with Crippen LogP contribution in [-0.4, -0.2) is 28.0 Å². The molecule has 1 N–H and O–H groups in total. The summed E-state index contributed by atoms with van der Waals surface area (Å²) in [4.78, 5) is 12.7. The Morgan fingerprint density at radius 2 is 1.70 bits per heavy atom. The molecule has 1 amide bonds. The van der Waals surface area contributed by atoms with Crippen molar-refractivity contribution in [2.45, 2.75) is 18.7 Å². The lowest BCUT2D eigenvalue weighted by atomic mass is 10.2. The summed E-state index contributed by atoms with van der Waals surface area (Å²) in [5.41, 5.74) is 2.36. The van der Waals surface area contributed by atoms with E-state index >= 15 is 0 Å². The number of rotatable bonds is 7. The summed E-state index contributed by atoms with van der Waals surface area (Å²) in [6.45, 7) is 4.35. The van der Waals surface area contributed by atoms with Gasteiger partial charge in [-0.05, 0) is 74.0 Å². The number of nitrogens with zero attached hydrogens (tertiary/aromatic N) is 1. The van der Waals surface area contributed by atoms with Gasteiger partial charge in [-0.2, -0.15) is 0 Å². The average molecular weight is 425 g/mol. The van der Waals surface area contributed by atoms with Crippen LogP contribution in [-0.2, 0) is 10.0 Å². The molecule has 0 aliphatic heterocycles. The van der Waals surface area contributed by atoms with Crippen LogP contribution in [0.4, 0.5) is 11.4 Å². The first kappa shape index (κ1) is 21.4. The van der Waals surface area contributed by atoms with Gasteiger partial charge in [-0.3, -0.25) is 9.10 Å². The molecule has 0 aliphatic rings. The van der Waals surface area contributed by atoms with Crippen molar-refractivity contribution in [2.24, 2.45) is 0 Å². The van der Waals surface area contributed by atoms with E-state index in [1.54, 1.807) is 54.6 Å². The molecule has 0 heterocycles. The fourth-order valence-corrected chi connectivity index (χ4v) is 4.16. The second kappa shape index (κ2) is 9.00. The Balaban J connectivity index is 1.81. The van der Waals surface area contributed by atoms with Crippen molar-refractivity contribution < 1.29 is 17.9 Å². The highest BCUT2D eigenvalue weighted by atomic mass is 32.2. The number of hydrogen-bond donors (Lipinski definition) is 1. The smallest absolute Gasteiger partial charge is 0.264 e. The topological polar surface area (TPSA) is 75.7 Å². The number of nitrogens with one attached hydrogen (secondary N) is 1. The number of ether oxygens (including phenoxy) is 1. The van der Waals surface area contributed by atoms with E-state index < -0.39 is 15.9 Å². The lowest BCUT2D eigenvalue weighted by Crippen LogP contribution is -2.27. The monoisotopic (exact) mass is 424 g/mol. The Kier molecular flexibility index (Phi) is 6.42. The van der Waals surface area contributed by atoms with Gasteiger partial charge < -0.3 is 10.1 Å². The SMILES string of the molecule is CCOc1ccc(NC(=O)c2cccc(S(=O)(=O)N(C)c3cccc(C)c3)c2)cc1. The summed E-state index contributed by atoms with van der Waals surface area (Å²) in [6.07, 6.45) is 0. The van der Waals surface area contributed by atoms with E-state index in [1.165, 1.54) is 23.5 Å². The highest BCUT2D eigenvalue weighted by molar-refractivity contribution is 7.92. The number of sulfonamides is 1. The molecule has 3 aromatic carbocycles. The quantitative estimate of drug-likeness (QED) is 0.607. The van der Waals surface area contributed by atoms with Gasteiger partial charge in [-0.1, -0.05) is 18.2 Å². The van der Waals surface area contributed by atoms with Gasteiger partial charge in [-0.15, -0.1) is 0 Å². The standard InChI is InChI=1S/C23H24N2O4S/c1-4-29-21-13-11-19(12-14-21)24-23(26)18-8-6-10-22(16-18)30(27,28)25(3)20-9-5-7-17(2)15-20/h5-16H,4H2,1-3H3,(H,24,26). The van der Waals surface area contributed by atoms with Crippen LogP contribution in [0.3, 0.4) is 0 Å². The fourth-order valence-electron chi connectivity index (χ4n) is 2.92. The Bertz CT molecular complexity index is 1140. The zero-order chi connectivity index (χ0) is 21.7. The van der Waals surface area contributed by atoms with Gasteiger partial charge in [-0.25, -0.2) is 8.42 Å². The second-order valence-corrected chi connectivity index (χ2v) is 8.72. The fraction of sp³-hybridized carbons (Fsp3) is 0.174. The molecule has 3 rings (SSSR count). The maximum Gasteiger partial charge on any atom is 0.264 e. The van der Waals surface area contributed by atoms with Crippen LogP contribution in [0.2, 0.25) is 0 Å². The third-order valence-corrected chi connectivity index (χ3v) is 6.32. The van der Waals surface area contributed by atoms with Gasteiger partial charge in [0.2, 0.25) is 0 Å². The molecule has 0 aliphatic carbocycles. The van der Waals surface area contributed by atoms with Crippen LogP contribution < -0.4 is 14.4 Å². The molecule has 0 atom stereocenters. The maximum atomic E-state index is 13.1. The number of anilines is 2. The molecule has 0 saturated carbocycles. The minimum absolute atomic E-state index is 0.0471. The van der Waals surface area contributed by atoms with Crippen molar-refractivity contribution in [3.63, 3.8) is 0 Å². The first-order valence-electron chi connectivity index (χ1n) is 9.51. The van der Waals surface area contributed by atoms with E-state index in [9.17, 15) is 13.2 Å². The Morgan fingerprint density at radius 1 is 1.00 bits per heavy atom. The summed E-state index contributed by atoms with van der Waals surface area (Å²) >= 11 is 0. The van der Waals surface area contributed by atoms with E-state index in [2.05, 4.69) is 5.32 Å². The van der Waals surface area contributed by atoms with Crippen LogP contribution in [0, 0.1) is 6.92 Å². The molecule has 0 aromatic heterocycles. The minimum Gasteiger partial charge on any atom is -0.494 e. The van der Waals surface area contributed by atoms with Gasteiger partial charge in [0.05, 0.1) is 17.2 Å². The zero-order valence-electron chi connectivity index (χ0n) is 17.1. The summed E-state index contributed by atoms with van der Waals surface area (Å²) < 4.78 is 32.7. The van der Waals surface area contributed by atoms with Gasteiger partial charge in [0.15, 0.2) is 0 Å².